The van der Waals surface area contributed by atoms with E-state index in [1.807, 2.05) is 6.92 Å². The second kappa shape index (κ2) is 6.88. The normalized spacial score (nSPS) is 39.0. The van der Waals surface area contributed by atoms with Crippen LogP contribution in [0.25, 0.3) is 0 Å². The highest BCUT2D eigenvalue weighted by molar-refractivity contribution is 5.77. The van der Waals surface area contributed by atoms with Crippen LogP contribution < -0.4 is 0 Å². The van der Waals surface area contributed by atoms with Crippen LogP contribution in [0.2, 0.25) is 0 Å². The van der Waals surface area contributed by atoms with Crippen LogP contribution in [-0.2, 0) is 9.53 Å². The summed E-state index contributed by atoms with van der Waals surface area (Å²) in [6.07, 6.45) is 5.48. The molecule has 0 aliphatic heterocycles. The van der Waals surface area contributed by atoms with Crippen molar-refractivity contribution in [3.05, 3.63) is 24.8 Å². The maximum atomic E-state index is 12.6. The van der Waals surface area contributed by atoms with Gasteiger partial charge in [0.1, 0.15) is 5.60 Å². The average Bonchev–Trinajstić information content (AvgIpc) is 2.56. The van der Waals surface area contributed by atoms with Gasteiger partial charge in [0, 0.05) is 0 Å². The molecule has 0 aromatic heterocycles. The average molecular weight is 350 g/mol. The molecule has 2 aliphatic carbocycles. The van der Waals surface area contributed by atoms with E-state index in [1.165, 1.54) is 13.2 Å². The molecule has 2 saturated carbocycles. The second-order valence-electron chi connectivity index (χ2n) is 8.75. The number of fused-ring (bicyclic) bond motifs is 1. The Morgan fingerprint density at radius 2 is 2.12 bits per heavy atom. The predicted octanol–water partition coefficient (Wildman–Crippen LogP) is 3.63. The van der Waals surface area contributed by atoms with Crippen LogP contribution in [0.5, 0.6) is 0 Å². The van der Waals surface area contributed by atoms with Crippen LogP contribution in [0.4, 0.5) is 0 Å². The zero-order valence-electron chi connectivity index (χ0n) is 16.2. The van der Waals surface area contributed by atoms with Gasteiger partial charge in [0.2, 0.25) is 0 Å². The largest absolute Gasteiger partial charge is 0.469 e. The summed E-state index contributed by atoms with van der Waals surface area (Å²) >= 11 is 0. The van der Waals surface area contributed by atoms with E-state index in [4.69, 9.17) is 4.74 Å². The van der Waals surface area contributed by atoms with Crippen LogP contribution in [0, 0.1) is 22.7 Å². The van der Waals surface area contributed by atoms with Gasteiger partial charge < -0.3 is 14.9 Å². The first-order chi connectivity index (χ1) is 11.5. The van der Waals surface area contributed by atoms with Gasteiger partial charge in [-0.25, -0.2) is 0 Å². The van der Waals surface area contributed by atoms with Crippen molar-refractivity contribution in [3.63, 3.8) is 0 Å². The van der Waals surface area contributed by atoms with Gasteiger partial charge in [-0.05, 0) is 63.2 Å². The van der Waals surface area contributed by atoms with Crippen LogP contribution in [0.1, 0.15) is 59.3 Å². The van der Waals surface area contributed by atoms with Gasteiger partial charge in [0.25, 0.3) is 0 Å². The van der Waals surface area contributed by atoms with E-state index in [1.54, 1.807) is 6.92 Å². The van der Waals surface area contributed by atoms with Crippen LogP contribution in [-0.4, -0.2) is 35.0 Å². The molecule has 0 heterocycles. The Morgan fingerprint density at radius 3 is 2.68 bits per heavy atom. The van der Waals surface area contributed by atoms with E-state index in [0.29, 0.717) is 6.42 Å². The summed E-state index contributed by atoms with van der Waals surface area (Å²) in [7, 11) is 1.46. The maximum absolute atomic E-state index is 12.6. The summed E-state index contributed by atoms with van der Waals surface area (Å²) in [5.74, 6) is 0.128. The third-order valence-corrected chi connectivity index (χ3v) is 7.22. The molecule has 0 bridgehead atoms. The zero-order chi connectivity index (χ0) is 19.0. The monoisotopic (exact) mass is 350 g/mol. The van der Waals surface area contributed by atoms with Gasteiger partial charge in [-0.2, -0.15) is 0 Å². The number of rotatable bonds is 5. The number of esters is 1. The van der Waals surface area contributed by atoms with Gasteiger partial charge >= 0.3 is 5.97 Å². The van der Waals surface area contributed by atoms with Crippen molar-refractivity contribution in [3.8, 4) is 0 Å². The van der Waals surface area contributed by atoms with Crippen molar-refractivity contribution in [2.45, 2.75) is 71.0 Å². The smallest absolute Gasteiger partial charge is 0.311 e. The lowest BCUT2D eigenvalue weighted by Crippen LogP contribution is -2.54. The van der Waals surface area contributed by atoms with Crippen LogP contribution in [0.15, 0.2) is 24.8 Å². The highest BCUT2D eigenvalue weighted by Gasteiger charge is 2.58. The standard InChI is InChI=1S/C21H34O4/c1-7-21(5,24)17(22)13-15-14(2)9-10-16-19(15,3)11-8-12-20(16,4)18(23)25-6/h7,15-17,22,24H,1-2,8-13H2,3-6H3. The molecule has 0 spiro atoms. The lowest BCUT2D eigenvalue weighted by atomic mass is 9.46. The molecule has 0 saturated heterocycles. The van der Waals surface area contributed by atoms with Crippen molar-refractivity contribution in [1.29, 1.82) is 0 Å². The SMILES string of the molecule is C=CC(C)(O)C(O)CC1C(=C)CCC2C(C)(C(=O)OC)CCCC12C. The third-order valence-electron chi connectivity index (χ3n) is 7.22. The number of carbonyl (C=O) groups is 1. The molecule has 0 amide bonds. The van der Waals surface area contributed by atoms with Gasteiger partial charge in [0.05, 0.1) is 18.6 Å². The Labute approximate surface area is 152 Å². The number of hydrogen-bond donors (Lipinski definition) is 2. The minimum absolute atomic E-state index is 0.0666. The number of allylic oxidation sites excluding steroid dienone is 1. The third kappa shape index (κ3) is 3.31. The number of ether oxygens (including phenoxy) is 1. The maximum Gasteiger partial charge on any atom is 0.311 e. The van der Waals surface area contributed by atoms with E-state index in [2.05, 4.69) is 20.1 Å². The number of carbonyl (C=O) groups excluding carboxylic acids is 1. The van der Waals surface area contributed by atoms with Crippen molar-refractivity contribution in [1.82, 2.24) is 0 Å². The molecule has 2 rings (SSSR count). The number of methoxy groups -OCH3 is 1. The highest BCUT2D eigenvalue weighted by atomic mass is 16.5. The quantitative estimate of drug-likeness (QED) is 0.587. The molecule has 4 nitrogen and oxygen atoms in total. The van der Waals surface area contributed by atoms with E-state index < -0.39 is 17.1 Å². The molecule has 25 heavy (non-hydrogen) atoms. The molecular weight excluding hydrogens is 316 g/mol. The van der Waals surface area contributed by atoms with E-state index in [0.717, 1.165) is 37.7 Å². The summed E-state index contributed by atoms with van der Waals surface area (Å²) < 4.78 is 5.14. The Balaban J connectivity index is 2.36. The molecular formula is C21H34O4. The minimum Gasteiger partial charge on any atom is -0.469 e. The second-order valence-corrected chi connectivity index (χ2v) is 8.75. The van der Waals surface area contributed by atoms with Crippen LogP contribution in [0.3, 0.4) is 0 Å². The van der Waals surface area contributed by atoms with Gasteiger partial charge in [-0.1, -0.05) is 31.6 Å². The van der Waals surface area contributed by atoms with Crippen LogP contribution >= 0.6 is 0 Å². The minimum atomic E-state index is -1.33. The van der Waals surface area contributed by atoms with E-state index >= 15 is 0 Å². The van der Waals surface area contributed by atoms with Gasteiger partial charge in [0.15, 0.2) is 0 Å². The summed E-state index contributed by atoms with van der Waals surface area (Å²) in [6, 6.07) is 0. The summed E-state index contributed by atoms with van der Waals surface area (Å²) in [6.45, 7) is 13.7. The molecule has 2 aliphatic rings. The molecule has 0 aromatic rings. The molecule has 142 valence electrons. The van der Waals surface area contributed by atoms with E-state index in [9.17, 15) is 15.0 Å². The molecule has 0 aromatic carbocycles. The molecule has 2 N–H and O–H groups in total. The van der Waals surface area contributed by atoms with Crippen molar-refractivity contribution in [2.24, 2.45) is 22.7 Å². The lowest BCUT2D eigenvalue weighted by molar-refractivity contribution is -0.169. The molecule has 6 unspecified atom stereocenters. The number of aliphatic hydroxyl groups is 2. The molecule has 6 atom stereocenters. The molecule has 0 radical (unpaired) electrons. The lowest BCUT2D eigenvalue weighted by Gasteiger charge is -2.58. The fourth-order valence-corrected chi connectivity index (χ4v) is 5.46. The van der Waals surface area contributed by atoms with Gasteiger partial charge in [-0.3, -0.25) is 4.79 Å². The van der Waals surface area contributed by atoms with Gasteiger partial charge in [-0.15, -0.1) is 6.58 Å². The van der Waals surface area contributed by atoms with Crippen molar-refractivity contribution < 1.29 is 19.7 Å². The number of hydrogen-bond acceptors (Lipinski definition) is 4. The first-order valence-corrected chi connectivity index (χ1v) is 9.33. The Hall–Kier alpha value is -1.13. The summed E-state index contributed by atoms with van der Waals surface area (Å²) in [5, 5.41) is 20.9. The fraction of sp³-hybridized carbons (Fsp3) is 0.762. The Morgan fingerprint density at radius 1 is 1.48 bits per heavy atom. The predicted molar refractivity (Wildman–Crippen MR) is 98.9 cm³/mol. The Kier molecular flexibility index (Phi) is 5.56. The van der Waals surface area contributed by atoms with Crippen molar-refractivity contribution in [2.75, 3.05) is 7.11 Å². The fourth-order valence-electron chi connectivity index (χ4n) is 5.46. The Bertz CT molecular complexity index is 552. The molecule has 4 heteroatoms. The zero-order valence-corrected chi connectivity index (χ0v) is 16.2. The summed E-state index contributed by atoms with van der Waals surface area (Å²) in [5.41, 5.74) is -0.836. The molecule has 2 fully saturated rings. The number of aliphatic hydroxyl groups excluding tert-OH is 1. The highest BCUT2D eigenvalue weighted by Crippen LogP contribution is 2.62. The first-order valence-electron chi connectivity index (χ1n) is 9.33. The van der Waals surface area contributed by atoms with E-state index in [-0.39, 0.29) is 23.2 Å². The van der Waals surface area contributed by atoms with Crippen molar-refractivity contribution >= 4 is 5.97 Å². The summed E-state index contributed by atoms with van der Waals surface area (Å²) in [4.78, 5) is 12.6. The topological polar surface area (TPSA) is 66.8 Å². The first kappa shape index (κ1) is 20.2.